The van der Waals surface area contributed by atoms with Crippen molar-refractivity contribution in [1.29, 1.82) is 0 Å². The number of imide groups is 1. The zero-order valence-corrected chi connectivity index (χ0v) is 17.4. The summed E-state index contributed by atoms with van der Waals surface area (Å²) in [4.78, 5) is 38.3. The van der Waals surface area contributed by atoms with Crippen LogP contribution >= 0.6 is 11.8 Å². The molecule has 156 valence electrons. The molecule has 3 amide bonds. The third-order valence-electron chi connectivity index (χ3n) is 4.25. The second-order valence-corrected chi connectivity index (χ2v) is 7.15. The van der Waals surface area contributed by atoms with Crippen LogP contribution in [-0.4, -0.2) is 49.8 Å². The largest absolute Gasteiger partial charge is 0.497 e. The summed E-state index contributed by atoms with van der Waals surface area (Å²) < 4.78 is 15.5. The van der Waals surface area contributed by atoms with Gasteiger partial charge in [0.05, 0.1) is 26.2 Å². The van der Waals surface area contributed by atoms with E-state index in [1.165, 1.54) is 14.2 Å². The molecular formula is C21H20N2O6S. The van der Waals surface area contributed by atoms with Crippen molar-refractivity contribution in [3.8, 4) is 17.2 Å². The van der Waals surface area contributed by atoms with Crippen LogP contribution in [0.2, 0.25) is 0 Å². The predicted octanol–water partition coefficient (Wildman–Crippen LogP) is 3.39. The van der Waals surface area contributed by atoms with E-state index in [0.29, 0.717) is 28.5 Å². The molecule has 8 nitrogen and oxygen atoms in total. The number of hydrogen-bond donors (Lipinski definition) is 1. The molecule has 1 aliphatic heterocycles. The number of ether oxygens (including phenoxy) is 3. The molecule has 0 aliphatic carbocycles. The fraction of sp³-hybridized carbons (Fsp3) is 0.190. The van der Waals surface area contributed by atoms with E-state index in [0.717, 1.165) is 16.7 Å². The molecule has 2 aromatic rings. The molecule has 0 bridgehead atoms. The summed E-state index contributed by atoms with van der Waals surface area (Å²) in [5.74, 6) is 0.709. The van der Waals surface area contributed by atoms with Gasteiger partial charge in [0.15, 0.2) is 11.5 Å². The van der Waals surface area contributed by atoms with Gasteiger partial charge in [-0.05, 0) is 59.8 Å². The number of anilines is 1. The number of hydrogen-bond acceptors (Lipinski definition) is 7. The van der Waals surface area contributed by atoms with Gasteiger partial charge in [0, 0.05) is 5.69 Å². The van der Waals surface area contributed by atoms with Crippen LogP contribution in [-0.2, 0) is 9.59 Å². The molecule has 1 fully saturated rings. The quantitative estimate of drug-likeness (QED) is 0.676. The number of thioether (sulfide) groups is 1. The highest BCUT2D eigenvalue weighted by Gasteiger charge is 2.36. The third-order valence-corrected chi connectivity index (χ3v) is 5.16. The predicted molar refractivity (Wildman–Crippen MR) is 114 cm³/mol. The molecule has 1 saturated heterocycles. The Bertz CT molecular complexity index is 1000. The van der Waals surface area contributed by atoms with E-state index in [9.17, 15) is 14.4 Å². The van der Waals surface area contributed by atoms with Crippen LogP contribution in [0, 0.1) is 0 Å². The fourth-order valence-electron chi connectivity index (χ4n) is 2.75. The van der Waals surface area contributed by atoms with Gasteiger partial charge < -0.3 is 19.5 Å². The maximum absolute atomic E-state index is 12.6. The highest BCUT2D eigenvalue weighted by molar-refractivity contribution is 8.18. The van der Waals surface area contributed by atoms with Crippen molar-refractivity contribution >= 4 is 40.6 Å². The van der Waals surface area contributed by atoms with Crippen molar-refractivity contribution in [3.63, 3.8) is 0 Å². The van der Waals surface area contributed by atoms with E-state index >= 15 is 0 Å². The number of rotatable bonds is 7. The molecule has 0 aromatic heterocycles. The van der Waals surface area contributed by atoms with Crippen molar-refractivity contribution in [2.75, 3.05) is 33.2 Å². The summed E-state index contributed by atoms with van der Waals surface area (Å²) >= 11 is 0.783. The number of benzene rings is 2. The Balaban J connectivity index is 1.69. The van der Waals surface area contributed by atoms with E-state index in [-0.39, 0.29) is 11.4 Å². The number of carbonyl (C=O) groups excluding carboxylic acids is 3. The molecule has 0 unspecified atom stereocenters. The van der Waals surface area contributed by atoms with Gasteiger partial charge in [-0.1, -0.05) is 6.07 Å². The fourth-order valence-corrected chi connectivity index (χ4v) is 3.59. The summed E-state index contributed by atoms with van der Waals surface area (Å²) in [5.41, 5.74) is 1.20. The zero-order valence-electron chi connectivity index (χ0n) is 16.6. The standard InChI is InChI=1S/C21H20N2O6S/c1-27-15-7-5-14(6-8-15)22-19(24)12-23-20(25)18(30-21(23)26)11-13-4-9-16(28-2)17(10-13)29-3/h4-11H,12H2,1-3H3,(H,22,24)/b18-11+. The first-order valence-electron chi connectivity index (χ1n) is 8.86. The average Bonchev–Trinajstić information content (AvgIpc) is 3.01. The number of methoxy groups -OCH3 is 3. The van der Waals surface area contributed by atoms with Crippen LogP contribution < -0.4 is 19.5 Å². The molecule has 3 rings (SSSR count). The Hall–Kier alpha value is -3.46. The second-order valence-electron chi connectivity index (χ2n) is 6.16. The highest BCUT2D eigenvalue weighted by atomic mass is 32.2. The van der Waals surface area contributed by atoms with Gasteiger partial charge >= 0.3 is 0 Å². The van der Waals surface area contributed by atoms with Crippen molar-refractivity contribution < 1.29 is 28.6 Å². The van der Waals surface area contributed by atoms with Gasteiger partial charge in [-0.25, -0.2) is 0 Å². The number of carbonyl (C=O) groups is 3. The molecule has 9 heteroatoms. The minimum atomic E-state index is -0.523. The Morgan fingerprint density at radius 2 is 1.70 bits per heavy atom. The van der Waals surface area contributed by atoms with Crippen molar-refractivity contribution in [2.24, 2.45) is 0 Å². The minimum absolute atomic E-state index is 0.226. The minimum Gasteiger partial charge on any atom is -0.497 e. The van der Waals surface area contributed by atoms with Crippen LogP contribution in [0.3, 0.4) is 0 Å². The lowest BCUT2D eigenvalue weighted by Crippen LogP contribution is -2.36. The third kappa shape index (κ3) is 4.74. The second kappa shape index (κ2) is 9.36. The first-order chi connectivity index (χ1) is 14.4. The van der Waals surface area contributed by atoms with Gasteiger partial charge in [-0.3, -0.25) is 19.3 Å². The number of nitrogens with zero attached hydrogens (tertiary/aromatic N) is 1. The maximum atomic E-state index is 12.6. The maximum Gasteiger partial charge on any atom is 0.294 e. The van der Waals surface area contributed by atoms with Gasteiger partial charge in [0.25, 0.3) is 11.1 Å². The zero-order chi connectivity index (χ0) is 21.7. The van der Waals surface area contributed by atoms with E-state index in [4.69, 9.17) is 14.2 Å². The van der Waals surface area contributed by atoms with Crippen LogP contribution in [0.1, 0.15) is 5.56 Å². The molecule has 0 radical (unpaired) electrons. The lowest BCUT2D eigenvalue weighted by molar-refractivity contribution is -0.127. The summed E-state index contributed by atoms with van der Waals surface area (Å²) in [7, 11) is 4.58. The summed E-state index contributed by atoms with van der Waals surface area (Å²) in [6.07, 6.45) is 1.58. The lowest BCUT2D eigenvalue weighted by Gasteiger charge is -2.12. The summed E-state index contributed by atoms with van der Waals surface area (Å²) in [6.45, 7) is -0.375. The topological polar surface area (TPSA) is 94.2 Å². The Kier molecular flexibility index (Phi) is 6.63. The first-order valence-corrected chi connectivity index (χ1v) is 9.68. The smallest absolute Gasteiger partial charge is 0.294 e. The molecule has 0 spiro atoms. The van der Waals surface area contributed by atoms with Crippen molar-refractivity contribution in [3.05, 3.63) is 52.9 Å². The van der Waals surface area contributed by atoms with Gasteiger partial charge in [0.1, 0.15) is 12.3 Å². The summed E-state index contributed by atoms with van der Waals surface area (Å²) in [5, 5.41) is 2.15. The average molecular weight is 428 g/mol. The number of amides is 3. The van der Waals surface area contributed by atoms with E-state index < -0.39 is 17.1 Å². The summed E-state index contributed by atoms with van der Waals surface area (Å²) in [6, 6.07) is 11.9. The number of nitrogens with one attached hydrogen (secondary N) is 1. The Morgan fingerprint density at radius 1 is 1.00 bits per heavy atom. The lowest BCUT2D eigenvalue weighted by atomic mass is 10.2. The van der Waals surface area contributed by atoms with E-state index in [1.807, 2.05) is 0 Å². The molecule has 0 atom stereocenters. The van der Waals surface area contributed by atoms with Crippen molar-refractivity contribution in [2.45, 2.75) is 0 Å². The molecule has 0 saturated carbocycles. The molecule has 2 aromatic carbocycles. The molecule has 1 aliphatic rings. The molecule has 1 N–H and O–H groups in total. The van der Waals surface area contributed by atoms with Gasteiger partial charge in [-0.2, -0.15) is 0 Å². The van der Waals surface area contributed by atoms with Crippen LogP contribution in [0.25, 0.3) is 6.08 Å². The Labute approximate surface area is 177 Å². The van der Waals surface area contributed by atoms with E-state index in [1.54, 1.807) is 55.7 Å². The normalized spacial score (nSPS) is 14.8. The first kappa shape index (κ1) is 21.3. The highest BCUT2D eigenvalue weighted by Crippen LogP contribution is 2.34. The van der Waals surface area contributed by atoms with Gasteiger partial charge in [0.2, 0.25) is 5.91 Å². The molecular weight excluding hydrogens is 408 g/mol. The van der Waals surface area contributed by atoms with Crippen LogP contribution in [0.4, 0.5) is 10.5 Å². The molecule has 30 heavy (non-hydrogen) atoms. The van der Waals surface area contributed by atoms with Gasteiger partial charge in [-0.15, -0.1) is 0 Å². The van der Waals surface area contributed by atoms with E-state index in [2.05, 4.69) is 5.32 Å². The molecule has 1 heterocycles. The monoisotopic (exact) mass is 428 g/mol. The van der Waals surface area contributed by atoms with Crippen LogP contribution in [0.5, 0.6) is 17.2 Å². The SMILES string of the molecule is COc1ccc(NC(=O)CN2C(=O)S/C(=C/c3ccc(OC)c(OC)c3)C2=O)cc1. The van der Waals surface area contributed by atoms with Crippen LogP contribution in [0.15, 0.2) is 47.4 Å². The van der Waals surface area contributed by atoms with Crippen molar-refractivity contribution in [1.82, 2.24) is 4.90 Å². The Morgan fingerprint density at radius 3 is 2.33 bits per heavy atom.